The molecule has 0 unspecified atom stereocenters. The van der Waals surface area contributed by atoms with Gasteiger partial charge in [-0.2, -0.15) is 0 Å². The van der Waals surface area contributed by atoms with Gasteiger partial charge in [0.05, 0.1) is 17.6 Å². The van der Waals surface area contributed by atoms with Gasteiger partial charge in [-0.1, -0.05) is 13.8 Å². The second-order valence-electron chi connectivity index (χ2n) is 5.99. The summed E-state index contributed by atoms with van der Waals surface area (Å²) in [6, 6.07) is 11.0. The molecule has 0 atom stereocenters. The van der Waals surface area contributed by atoms with Gasteiger partial charge < -0.3 is 9.15 Å². The topological polar surface area (TPSA) is 82.6 Å². The van der Waals surface area contributed by atoms with E-state index in [0.717, 1.165) is 0 Å². The van der Waals surface area contributed by atoms with Crippen molar-refractivity contribution in [1.82, 2.24) is 0 Å². The SMILES string of the molecule is COc1ccc(C(=O)c2c(C(C)C)oc3ccc([N+](=O)[O-])cc23)cc1. The van der Waals surface area contributed by atoms with E-state index in [4.69, 9.17) is 9.15 Å². The van der Waals surface area contributed by atoms with Crippen LogP contribution in [0.3, 0.4) is 0 Å². The van der Waals surface area contributed by atoms with Gasteiger partial charge >= 0.3 is 0 Å². The Morgan fingerprint density at radius 3 is 2.40 bits per heavy atom. The van der Waals surface area contributed by atoms with Crippen molar-refractivity contribution < 1.29 is 18.9 Å². The lowest BCUT2D eigenvalue weighted by Crippen LogP contribution is -2.05. The molecule has 128 valence electrons. The minimum Gasteiger partial charge on any atom is -0.497 e. The van der Waals surface area contributed by atoms with E-state index in [0.29, 0.717) is 33.6 Å². The minimum atomic E-state index is -0.483. The zero-order valence-corrected chi connectivity index (χ0v) is 14.1. The first-order valence-electron chi connectivity index (χ1n) is 7.82. The fraction of sp³-hybridized carbons (Fsp3) is 0.211. The smallest absolute Gasteiger partial charge is 0.270 e. The van der Waals surface area contributed by atoms with Crippen LogP contribution in [0.1, 0.15) is 41.4 Å². The Balaban J connectivity index is 2.20. The Kier molecular flexibility index (Phi) is 4.27. The Labute approximate surface area is 144 Å². The predicted octanol–water partition coefficient (Wildman–Crippen LogP) is 4.70. The molecule has 0 bridgehead atoms. The fourth-order valence-corrected chi connectivity index (χ4v) is 2.75. The lowest BCUT2D eigenvalue weighted by Gasteiger charge is -2.06. The fourth-order valence-electron chi connectivity index (χ4n) is 2.75. The molecule has 0 fully saturated rings. The summed E-state index contributed by atoms with van der Waals surface area (Å²) in [5.41, 5.74) is 1.23. The molecule has 25 heavy (non-hydrogen) atoms. The number of methoxy groups -OCH3 is 1. The summed E-state index contributed by atoms with van der Waals surface area (Å²) in [6.07, 6.45) is 0. The van der Waals surface area contributed by atoms with Crippen molar-refractivity contribution in [2.45, 2.75) is 19.8 Å². The van der Waals surface area contributed by atoms with E-state index in [1.807, 2.05) is 13.8 Å². The molecule has 6 heteroatoms. The van der Waals surface area contributed by atoms with Gasteiger partial charge in [0, 0.05) is 29.0 Å². The number of rotatable bonds is 5. The van der Waals surface area contributed by atoms with E-state index in [1.165, 1.54) is 18.2 Å². The summed E-state index contributed by atoms with van der Waals surface area (Å²) in [5, 5.41) is 11.5. The number of non-ortho nitro benzene ring substituents is 1. The van der Waals surface area contributed by atoms with Gasteiger partial charge in [0.2, 0.25) is 0 Å². The van der Waals surface area contributed by atoms with Crippen LogP contribution < -0.4 is 4.74 Å². The van der Waals surface area contributed by atoms with Gasteiger partial charge in [-0.05, 0) is 30.3 Å². The van der Waals surface area contributed by atoms with Gasteiger partial charge in [-0.3, -0.25) is 14.9 Å². The number of carbonyl (C=O) groups is 1. The molecular weight excluding hydrogens is 322 g/mol. The Morgan fingerprint density at radius 2 is 1.84 bits per heavy atom. The number of nitrogens with zero attached hydrogens (tertiary/aromatic N) is 1. The molecule has 0 aliphatic rings. The molecule has 0 N–H and O–H groups in total. The summed E-state index contributed by atoms with van der Waals surface area (Å²) in [6.45, 7) is 3.83. The van der Waals surface area contributed by atoms with Crippen molar-refractivity contribution in [3.63, 3.8) is 0 Å². The number of hydrogen-bond donors (Lipinski definition) is 0. The predicted molar refractivity (Wildman–Crippen MR) is 93.4 cm³/mol. The maximum absolute atomic E-state index is 13.1. The van der Waals surface area contributed by atoms with E-state index in [2.05, 4.69) is 0 Å². The summed E-state index contributed by atoms with van der Waals surface area (Å²) in [7, 11) is 1.55. The highest BCUT2D eigenvalue weighted by atomic mass is 16.6. The molecule has 0 amide bonds. The molecule has 3 rings (SSSR count). The average molecular weight is 339 g/mol. The number of ketones is 1. The molecule has 0 radical (unpaired) electrons. The lowest BCUT2D eigenvalue weighted by molar-refractivity contribution is -0.384. The first-order valence-corrected chi connectivity index (χ1v) is 7.82. The minimum absolute atomic E-state index is 0.0383. The number of hydrogen-bond acceptors (Lipinski definition) is 5. The monoisotopic (exact) mass is 339 g/mol. The highest BCUT2D eigenvalue weighted by Gasteiger charge is 2.25. The van der Waals surface area contributed by atoms with Crippen molar-refractivity contribution in [3.05, 3.63) is 69.5 Å². The molecule has 0 aliphatic heterocycles. The van der Waals surface area contributed by atoms with E-state index in [1.54, 1.807) is 31.4 Å². The van der Waals surface area contributed by atoms with Crippen molar-refractivity contribution in [3.8, 4) is 5.75 Å². The van der Waals surface area contributed by atoms with Crippen molar-refractivity contribution in [1.29, 1.82) is 0 Å². The number of nitro benzene ring substituents is 1. The largest absolute Gasteiger partial charge is 0.497 e. The molecule has 0 saturated heterocycles. The molecule has 0 spiro atoms. The third kappa shape index (κ3) is 2.98. The third-order valence-corrected chi connectivity index (χ3v) is 4.01. The molecule has 0 aliphatic carbocycles. The second-order valence-corrected chi connectivity index (χ2v) is 5.99. The summed E-state index contributed by atoms with van der Waals surface area (Å²) < 4.78 is 10.9. The summed E-state index contributed by atoms with van der Waals surface area (Å²) >= 11 is 0. The summed E-state index contributed by atoms with van der Waals surface area (Å²) in [4.78, 5) is 23.7. The van der Waals surface area contributed by atoms with Gasteiger partial charge in [-0.15, -0.1) is 0 Å². The number of fused-ring (bicyclic) bond motifs is 1. The van der Waals surface area contributed by atoms with Crippen LogP contribution in [-0.4, -0.2) is 17.8 Å². The van der Waals surface area contributed by atoms with E-state index >= 15 is 0 Å². The lowest BCUT2D eigenvalue weighted by atomic mass is 9.96. The maximum atomic E-state index is 13.1. The number of carbonyl (C=O) groups excluding carboxylic acids is 1. The quantitative estimate of drug-likeness (QED) is 0.382. The highest BCUT2D eigenvalue weighted by molar-refractivity contribution is 6.17. The number of nitro groups is 1. The molecule has 1 heterocycles. The standard InChI is InChI=1S/C19H17NO5/c1-11(2)19-17(18(21)12-4-7-14(24-3)8-5-12)15-10-13(20(22)23)6-9-16(15)25-19/h4-11H,1-3H3. The van der Waals surface area contributed by atoms with Crippen LogP contribution >= 0.6 is 0 Å². The van der Waals surface area contributed by atoms with Gasteiger partial charge in [0.15, 0.2) is 5.78 Å². The van der Waals surface area contributed by atoms with E-state index in [9.17, 15) is 14.9 Å². The summed E-state index contributed by atoms with van der Waals surface area (Å²) in [5.74, 6) is 0.902. The Morgan fingerprint density at radius 1 is 1.16 bits per heavy atom. The molecule has 3 aromatic rings. The van der Waals surface area contributed by atoms with Crippen LogP contribution in [0, 0.1) is 10.1 Å². The van der Waals surface area contributed by atoms with Crippen LogP contribution in [0.15, 0.2) is 46.9 Å². The average Bonchev–Trinajstić information content (AvgIpc) is 3.00. The third-order valence-electron chi connectivity index (χ3n) is 4.01. The number of benzene rings is 2. The van der Waals surface area contributed by atoms with Crippen LogP contribution in [0.25, 0.3) is 11.0 Å². The second kappa shape index (κ2) is 6.39. The van der Waals surface area contributed by atoms with Crippen molar-refractivity contribution >= 4 is 22.4 Å². The van der Waals surface area contributed by atoms with Crippen molar-refractivity contribution in [2.24, 2.45) is 0 Å². The number of ether oxygens (including phenoxy) is 1. The van der Waals surface area contributed by atoms with Crippen LogP contribution in [0.5, 0.6) is 5.75 Å². The number of furan rings is 1. The molecule has 0 saturated carbocycles. The van der Waals surface area contributed by atoms with E-state index in [-0.39, 0.29) is 17.4 Å². The molecule has 2 aromatic carbocycles. The van der Waals surface area contributed by atoms with E-state index < -0.39 is 4.92 Å². The van der Waals surface area contributed by atoms with Crippen LogP contribution in [0.2, 0.25) is 0 Å². The first kappa shape index (κ1) is 16.7. The molecular formula is C19H17NO5. The molecule has 1 aromatic heterocycles. The van der Waals surface area contributed by atoms with Gasteiger partial charge in [0.25, 0.3) is 5.69 Å². The molecule has 6 nitrogen and oxygen atoms in total. The Bertz CT molecular complexity index is 954. The van der Waals surface area contributed by atoms with Crippen LogP contribution in [-0.2, 0) is 0 Å². The Hall–Kier alpha value is -3.15. The van der Waals surface area contributed by atoms with Gasteiger partial charge in [-0.25, -0.2) is 0 Å². The zero-order chi connectivity index (χ0) is 18.1. The zero-order valence-electron chi connectivity index (χ0n) is 14.1. The van der Waals surface area contributed by atoms with Gasteiger partial charge in [0.1, 0.15) is 17.1 Å². The normalized spacial score (nSPS) is 11.0. The van der Waals surface area contributed by atoms with Crippen LogP contribution in [0.4, 0.5) is 5.69 Å². The first-order chi connectivity index (χ1) is 11.9. The highest BCUT2D eigenvalue weighted by Crippen LogP contribution is 2.34. The van der Waals surface area contributed by atoms with Crippen molar-refractivity contribution in [2.75, 3.05) is 7.11 Å². The maximum Gasteiger partial charge on any atom is 0.270 e.